The minimum atomic E-state index is -2.52. The van der Waals surface area contributed by atoms with E-state index in [1.54, 1.807) is 18.2 Å². The number of carbonyl (C=O) groups is 5. The van der Waals surface area contributed by atoms with Crippen molar-refractivity contribution in [1.82, 2.24) is 0 Å². The molecule has 0 N–H and O–H groups in total. The number of ketones is 1. The number of halogens is 2. The molecule has 0 spiro atoms. The number of ether oxygens (including phenoxy) is 5. The van der Waals surface area contributed by atoms with E-state index < -0.39 is 65.4 Å². The van der Waals surface area contributed by atoms with Gasteiger partial charge in [-0.1, -0.05) is 30.3 Å². The van der Waals surface area contributed by atoms with Crippen molar-refractivity contribution in [1.29, 1.82) is 0 Å². The number of esters is 4. The average Bonchev–Trinajstić information content (AvgIpc) is 2.71. The summed E-state index contributed by atoms with van der Waals surface area (Å²) in [6.45, 7) is 2.18. The minimum Gasteiger partial charge on any atom is -0.454 e. The third kappa shape index (κ3) is 6.10. The molecule has 5 atom stereocenters. The summed E-state index contributed by atoms with van der Waals surface area (Å²) in [6.07, 6.45) is -7.96. The Morgan fingerprint density at radius 2 is 1.47 bits per heavy atom. The predicted molar refractivity (Wildman–Crippen MR) is 106 cm³/mol. The van der Waals surface area contributed by atoms with Gasteiger partial charge in [-0.15, -0.1) is 0 Å². The summed E-state index contributed by atoms with van der Waals surface area (Å²) >= 11 is 2.87. The SMILES string of the molecule is CC(=O)O[C@@H]1[C@@H](OC(C)=O)[C@H](OC(C)=O)[C@@](Br)(C(=O)OCC(=O)c2ccccc2)O[C@H]1F. The van der Waals surface area contributed by atoms with Crippen molar-refractivity contribution in [3.05, 3.63) is 35.9 Å². The van der Waals surface area contributed by atoms with E-state index >= 15 is 0 Å². The van der Waals surface area contributed by atoms with Crippen LogP contribution < -0.4 is 0 Å². The molecule has 1 aromatic carbocycles. The summed E-state index contributed by atoms with van der Waals surface area (Å²) in [5.74, 6) is -4.75. The van der Waals surface area contributed by atoms with Crippen LogP contribution in [0.25, 0.3) is 0 Å². The van der Waals surface area contributed by atoms with Gasteiger partial charge >= 0.3 is 23.9 Å². The smallest absolute Gasteiger partial charge is 0.354 e. The Morgan fingerprint density at radius 1 is 0.938 bits per heavy atom. The fourth-order valence-corrected chi connectivity index (χ4v) is 3.53. The van der Waals surface area contributed by atoms with Crippen LogP contribution in [-0.4, -0.2) is 65.4 Å². The van der Waals surface area contributed by atoms with Crippen LogP contribution in [0, 0.1) is 0 Å². The molecule has 0 radical (unpaired) electrons. The second kappa shape index (κ2) is 10.6. The maximum Gasteiger partial charge on any atom is 0.354 e. The van der Waals surface area contributed by atoms with E-state index in [0.29, 0.717) is 0 Å². The summed E-state index contributed by atoms with van der Waals surface area (Å²) in [6, 6.07) is 7.89. The summed E-state index contributed by atoms with van der Waals surface area (Å²) in [7, 11) is 0. The molecule has 12 heteroatoms. The van der Waals surface area contributed by atoms with E-state index in [2.05, 4.69) is 15.9 Å². The van der Waals surface area contributed by atoms with E-state index in [1.807, 2.05) is 0 Å². The van der Waals surface area contributed by atoms with Crippen LogP contribution in [0.5, 0.6) is 0 Å². The molecular formula is C20H20BrFO10. The molecule has 0 aromatic heterocycles. The van der Waals surface area contributed by atoms with Crippen molar-refractivity contribution < 1.29 is 52.0 Å². The molecule has 0 bridgehead atoms. The molecule has 1 saturated heterocycles. The van der Waals surface area contributed by atoms with Crippen molar-refractivity contribution in [2.45, 2.75) is 50.0 Å². The number of benzene rings is 1. The standard InChI is InChI=1S/C20H20BrFO10/c1-10(23)29-15-16(30-11(2)24)18(22)32-20(21,17(15)31-12(3)25)19(27)28-9-14(26)13-7-5-4-6-8-13/h4-8,15-18H,9H2,1-3H3/t15-,16-,17+,18-,20+/m1/s1. The molecule has 0 unspecified atom stereocenters. The molecule has 0 saturated carbocycles. The van der Waals surface area contributed by atoms with Gasteiger partial charge in [-0.3, -0.25) is 19.2 Å². The number of hydrogen-bond donors (Lipinski definition) is 0. The lowest BCUT2D eigenvalue weighted by atomic mass is 9.98. The van der Waals surface area contributed by atoms with Crippen LogP contribution in [0.3, 0.4) is 0 Å². The zero-order chi connectivity index (χ0) is 24.1. The molecule has 1 aromatic rings. The Balaban J connectivity index is 2.33. The van der Waals surface area contributed by atoms with Crippen LogP contribution in [0.15, 0.2) is 30.3 Å². The topological polar surface area (TPSA) is 132 Å². The first-order valence-electron chi connectivity index (χ1n) is 9.23. The quantitative estimate of drug-likeness (QED) is 0.227. The van der Waals surface area contributed by atoms with Gasteiger partial charge in [-0.25, -0.2) is 9.18 Å². The molecule has 2 rings (SSSR count). The third-order valence-electron chi connectivity index (χ3n) is 4.14. The zero-order valence-electron chi connectivity index (χ0n) is 17.2. The van der Waals surface area contributed by atoms with E-state index in [4.69, 9.17) is 23.7 Å². The maximum absolute atomic E-state index is 14.8. The first-order chi connectivity index (χ1) is 15.0. The van der Waals surface area contributed by atoms with E-state index in [0.717, 1.165) is 20.8 Å². The van der Waals surface area contributed by atoms with Gasteiger partial charge in [0.1, 0.15) is 0 Å². The molecule has 1 fully saturated rings. The Labute approximate surface area is 190 Å². The Morgan fingerprint density at radius 3 is 2.00 bits per heavy atom. The van der Waals surface area contributed by atoms with Gasteiger partial charge in [0.2, 0.25) is 6.36 Å². The monoisotopic (exact) mass is 518 g/mol. The predicted octanol–water partition coefficient (Wildman–Crippen LogP) is 1.62. The second-order valence-corrected chi connectivity index (χ2v) is 7.84. The lowest BCUT2D eigenvalue weighted by Gasteiger charge is -2.44. The fraction of sp³-hybridized carbons (Fsp3) is 0.450. The molecule has 10 nitrogen and oxygen atoms in total. The maximum atomic E-state index is 14.8. The van der Waals surface area contributed by atoms with Gasteiger partial charge in [-0.05, 0) is 15.9 Å². The summed E-state index contributed by atoms with van der Waals surface area (Å²) in [5.41, 5.74) is 0.251. The van der Waals surface area contributed by atoms with Gasteiger partial charge in [-0.2, -0.15) is 0 Å². The van der Waals surface area contributed by atoms with Crippen LogP contribution in [0.1, 0.15) is 31.1 Å². The van der Waals surface area contributed by atoms with Crippen LogP contribution in [-0.2, 0) is 42.9 Å². The number of rotatable bonds is 7. The molecule has 1 heterocycles. The number of carbonyl (C=O) groups excluding carboxylic acids is 5. The van der Waals surface area contributed by atoms with E-state index in [-0.39, 0.29) is 5.56 Å². The first-order valence-corrected chi connectivity index (χ1v) is 10.0. The minimum absolute atomic E-state index is 0.251. The van der Waals surface area contributed by atoms with Gasteiger partial charge in [0.15, 0.2) is 30.7 Å². The van der Waals surface area contributed by atoms with Gasteiger partial charge in [0.25, 0.3) is 4.51 Å². The molecular weight excluding hydrogens is 499 g/mol. The number of alkyl halides is 2. The molecule has 0 aliphatic carbocycles. The highest BCUT2D eigenvalue weighted by Gasteiger charge is 2.64. The van der Waals surface area contributed by atoms with Crippen molar-refractivity contribution in [2.24, 2.45) is 0 Å². The largest absolute Gasteiger partial charge is 0.454 e. The third-order valence-corrected chi connectivity index (χ3v) is 5.10. The zero-order valence-corrected chi connectivity index (χ0v) is 18.8. The van der Waals surface area contributed by atoms with Crippen LogP contribution in [0.2, 0.25) is 0 Å². The Kier molecular flexibility index (Phi) is 8.44. The summed E-state index contributed by atoms with van der Waals surface area (Å²) < 4.78 is 37.2. The van der Waals surface area contributed by atoms with Gasteiger partial charge in [0.05, 0.1) is 0 Å². The van der Waals surface area contributed by atoms with Gasteiger partial charge < -0.3 is 23.7 Å². The lowest BCUT2D eigenvalue weighted by molar-refractivity contribution is -0.279. The Bertz CT molecular complexity index is 892. The van der Waals surface area contributed by atoms with Crippen LogP contribution in [0.4, 0.5) is 4.39 Å². The Hall–Kier alpha value is -2.86. The second-order valence-electron chi connectivity index (χ2n) is 6.66. The molecule has 174 valence electrons. The lowest BCUT2D eigenvalue weighted by Crippen LogP contribution is -2.67. The van der Waals surface area contributed by atoms with E-state index in [1.165, 1.54) is 12.1 Å². The van der Waals surface area contributed by atoms with Crippen molar-refractivity contribution in [3.63, 3.8) is 0 Å². The summed E-state index contributed by atoms with van der Waals surface area (Å²) in [4.78, 5) is 59.7. The molecule has 1 aliphatic rings. The molecule has 32 heavy (non-hydrogen) atoms. The molecule has 1 aliphatic heterocycles. The van der Waals surface area contributed by atoms with Gasteiger partial charge in [0, 0.05) is 26.3 Å². The van der Waals surface area contributed by atoms with Crippen LogP contribution >= 0.6 is 15.9 Å². The van der Waals surface area contributed by atoms with Crippen molar-refractivity contribution in [3.8, 4) is 0 Å². The van der Waals surface area contributed by atoms with Crippen molar-refractivity contribution in [2.75, 3.05) is 6.61 Å². The number of hydrogen-bond acceptors (Lipinski definition) is 10. The first kappa shape index (κ1) is 25.4. The highest BCUT2D eigenvalue weighted by atomic mass is 79.9. The average molecular weight is 519 g/mol. The van der Waals surface area contributed by atoms with E-state index in [9.17, 15) is 28.4 Å². The highest BCUT2D eigenvalue weighted by Crippen LogP contribution is 2.41. The number of Topliss-reactive ketones (excluding diaryl/α,β-unsaturated/α-hetero) is 1. The van der Waals surface area contributed by atoms with Crippen molar-refractivity contribution >= 4 is 45.6 Å². The summed E-state index contributed by atoms with van der Waals surface area (Å²) in [5, 5.41) is 0. The fourth-order valence-electron chi connectivity index (χ4n) is 2.89. The molecule has 0 amide bonds. The normalized spacial score (nSPS) is 27.0. The highest BCUT2D eigenvalue weighted by molar-refractivity contribution is 9.10.